The lowest BCUT2D eigenvalue weighted by atomic mass is 10.0. The summed E-state index contributed by atoms with van der Waals surface area (Å²) in [5.74, 6) is -0.0667. The lowest BCUT2D eigenvalue weighted by molar-refractivity contribution is -0.117. The molecule has 0 aromatic heterocycles. The molecular weight excluding hydrogens is 300 g/mol. The molecule has 0 bridgehead atoms. The molecule has 1 aliphatic heterocycles. The van der Waals surface area contributed by atoms with Crippen LogP contribution in [0.25, 0.3) is 0 Å². The van der Waals surface area contributed by atoms with Crippen LogP contribution in [0.5, 0.6) is 0 Å². The van der Waals surface area contributed by atoms with E-state index >= 15 is 0 Å². The van der Waals surface area contributed by atoms with E-state index < -0.39 is 9.84 Å². The van der Waals surface area contributed by atoms with Crippen LogP contribution in [0.2, 0.25) is 0 Å². The standard InChI is InChI=1S/C16H22N2O3S/c1-3-16(19)17-13-9-11-18(12-10-13)14-7-5-6-8-15(14)22(20,21)4-2/h3,5-8,13H,1,4,9-12H2,2H3,(H,17,19). The first-order chi connectivity index (χ1) is 10.5. The van der Waals surface area contributed by atoms with E-state index in [1.807, 2.05) is 12.1 Å². The molecule has 0 spiro atoms. The average molecular weight is 322 g/mol. The number of hydrogen-bond acceptors (Lipinski definition) is 4. The number of benzene rings is 1. The van der Waals surface area contributed by atoms with Crippen molar-refractivity contribution in [1.82, 2.24) is 5.32 Å². The summed E-state index contributed by atoms with van der Waals surface area (Å²) in [5.41, 5.74) is 0.762. The molecule has 22 heavy (non-hydrogen) atoms. The Kier molecular flexibility index (Phi) is 5.24. The predicted octanol–water partition coefficient (Wildman–Crippen LogP) is 1.75. The van der Waals surface area contributed by atoms with E-state index in [4.69, 9.17) is 0 Å². The highest BCUT2D eigenvalue weighted by molar-refractivity contribution is 7.91. The number of nitrogens with zero attached hydrogens (tertiary/aromatic N) is 1. The van der Waals surface area contributed by atoms with E-state index in [1.165, 1.54) is 6.08 Å². The van der Waals surface area contributed by atoms with E-state index in [-0.39, 0.29) is 17.7 Å². The number of sulfone groups is 1. The molecule has 1 heterocycles. The molecule has 5 nitrogen and oxygen atoms in total. The quantitative estimate of drug-likeness (QED) is 0.839. The van der Waals surface area contributed by atoms with Crippen LogP contribution in [0, 0.1) is 0 Å². The Hall–Kier alpha value is -1.82. The number of piperidine rings is 1. The maximum atomic E-state index is 12.2. The summed E-state index contributed by atoms with van der Waals surface area (Å²) in [4.78, 5) is 13.8. The molecule has 0 unspecified atom stereocenters. The van der Waals surface area contributed by atoms with Crippen LogP contribution in [0.4, 0.5) is 5.69 Å². The zero-order valence-corrected chi connectivity index (χ0v) is 13.6. The van der Waals surface area contributed by atoms with Gasteiger partial charge in [-0.15, -0.1) is 0 Å². The number of nitrogens with one attached hydrogen (secondary N) is 1. The molecule has 120 valence electrons. The molecule has 0 radical (unpaired) electrons. The van der Waals surface area contributed by atoms with E-state index in [9.17, 15) is 13.2 Å². The molecular formula is C16H22N2O3S. The lowest BCUT2D eigenvalue weighted by Gasteiger charge is -2.34. The third kappa shape index (κ3) is 3.68. The van der Waals surface area contributed by atoms with Crippen molar-refractivity contribution in [2.75, 3.05) is 23.7 Å². The Bertz CT molecular complexity index is 647. The lowest BCUT2D eigenvalue weighted by Crippen LogP contribution is -2.44. The van der Waals surface area contributed by atoms with Gasteiger partial charge in [-0.1, -0.05) is 25.6 Å². The fourth-order valence-electron chi connectivity index (χ4n) is 2.66. The summed E-state index contributed by atoms with van der Waals surface area (Å²) in [6, 6.07) is 7.25. The molecule has 6 heteroatoms. The second-order valence-electron chi connectivity index (χ2n) is 5.35. The largest absolute Gasteiger partial charge is 0.370 e. The fraction of sp³-hybridized carbons (Fsp3) is 0.438. The third-order valence-corrected chi connectivity index (χ3v) is 5.72. The van der Waals surface area contributed by atoms with Gasteiger partial charge in [0.15, 0.2) is 9.84 Å². The van der Waals surface area contributed by atoms with E-state index in [2.05, 4.69) is 16.8 Å². The van der Waals surface area contributed by atoms with Gasteiger partial charge in [0.1, 0.15) is 0 Å². The molecule has 1 N–H and O–H groups in total. The van der Waals surface area contributed by atoms with E-state index in [0.29, 0.717) is 4.90 Å². The topological polar surface area (TPSA) is 66.5 Å². The minimum atomic E-state index is -3.24. The number of para-hydroxylation sites is 1. The average Bonchev–Trinajstić information content (AvgIpc) is 2.55. The fourth-order valence-corrected chi connectivity index (χ4v) is 3.77. The summed E-state index contributed by atoms with van der Waals surface area (Å²) in [7, 11) is -3.24. The summed E-state index contributed by atoms with van der Waals surface area (Å²) >= 11 is 0. The Morgan fingerprint density at radius 1 is 1.36 bits per heavy atom. The van der Waals surface area contributed by atoms with Crippen molar-refractivity contribution >= 4 is 21.4 Å². The van der Waals surface area contributed by atoms with Crippen LogP contribution >= 0.6 is 0 Å². The first-order valence-electron chi connectivity index (χ1n) is 7.47. The zero-order valence-electron chi connectivity index (χ0n) is 12.8. The van der Waals surface area contributed by atoms with Crippen molar-refractivity contribution in [2.45, 2.75) is 30.7 Å². The molecule has 0 atom stereocenters. The van der Waals surface area contributed by atoms with Crippen LogP contribution in [0.15, 0.2) is 41.8 Å². The molecule has 1 aliphatic rings. The summed E-state index contributed by atoms with van der Waals surface area (Å²) < 4.78 is 24.4. The van der Waals surface area contributed by atoms with Crippen LogP contribution in [0.1, 0.15) is 19.8 Å². The van der Waals surface area contributed by atoms with Crippen LogP contribution in [0.3, 0.4) is 0 Å². The normalized spacial score (nSPS) is 16.3. The van der Waals surface area contributed by atoms with Gasteiger partial charge in [-0.25, -0.2) is 8.42 Å². The van der Waals surface area contributed by atoms with Gasteiger partial charge in [-0.05, 0) is 31.1 Å². The maximum Gasteiger partial charge on any atom is 0.243 e. The van der Waals surface area contributed by atoms with Crippen molar-refractivity contribution in [3.8, 4) is 0 Å². The molecule has 1 fully saturated rings. The highest BCUT2D eigenvalue weighted by Gasteiger charge is 2.24. The second kappa shape index (κ2) is 6.96. The molecule has 0 saturated carbocycles. The predicted molar refractivity (Wildman–Crippen MR) is 87.7 cm³/mol. The second-order valence-corrected chi connectivity index (χ2v) is 7.59. The van der Waals surface area contributed by atoms with Gasteiger partial charge in [-0.2, -0.15) is 0 Å². The third-order valence-electron chi connectivity index (χ3n) is 3.95. The van der Waals surface area contributed by atoms with E-state index in [0.717, 1.165) is 31.6 Å². The highest BCUT2D eigenvalue weighted by atomic mass is 32.2. The monoisotopic (exact) mass is 322 g/mol. The molecule has 1 aromatic rings. The van der Waals surface area contributed by atoms with Crippen molar-refractivity contribution in [2.24, 2.45) is 0 Å². The van der Waals surface area contributed by atoms with Crippen LogP contribution in [-0.4, -0.2) is 39.2 Å². The van der Waals surface area contributed by atoms with Gasteiger partial charge in [-0.3, -0.25) is 4.79 Å². The molecule has 2 rings (SSSR count). The molecule has 1 amide bonds. The van der Waals surface area contributed by atoms with Gasteiger partial charge in [0.05, 0.1) is 16.3 Å². The molecule has 0 aliphatic carbocycles. The van der Waals surface area contributed by atoms with Gasteiger partial charge in [0.2, 0.25) is 5.91 Å². The Morgan fingerprint density at radius 3 is 2.59 bits per heavy atom. The van der Waals surface area contributed by atoms with Crippen molar-refractivity contribution in [1.29, 1.82) is 0 Å². The number of carbonyl (C=O) groups is 1. The smallest absolute Gasteiger partial charge is 0.243 e. The SMILES string of the molecule is C=CC(=O)NC1CCN(c2ccccc2S(=O)(=O)CC)CC1. The van der Waals surface area contributed by atoms with E-state index in [1.54, 1.807) is 19.1 Å². The number of amides is 1. The Morgan fingerprint density at radius 2 is 2.00 bits per heavy atom. The van der Waals surface area contributed by atoms with Crippen LogP contribution in [-0.2, 0) is 14.6 Å². The molecule has 1 saturated heterocycles. The van der Waals surface area contributed by atoms with Gasteiger partial charge >= 0.3 is 0 Å². The number of rotatable bonds is 5. The molecule has 1 aromatic carbocycles. The van der Waals surface area contributed by atoms with Crippen molar-refractivity contribution in [3.05, 3.63) is 36.9 Å². The van der Waals surface area contributed by atoms with Gasteiger partial charge < -0.3 is 10.2 Å². The first-order valence-corrected chi connectivity index (χ1v) is 9.13. The summed E-state index contributed by atoms with van der Waals surface area (Å²) in [6.45, 7) is 6.54. The Balaban J connectivity index is 2.12. The number of hydrogen-bond donors (Lipinski definition) is 1. The summed E-state index contributed by atoms with van der Waals surface area (Å²) in [6.07, 6.45) is 2.86. The van der Waals surface area contributed by atoms with Gasteiger partial charge in [0, 0.05) is 19.1 Å². The highest BCUT2D eigenvalue weighted by Crippen LogP contribution is 2.28. The summed E-state index contributed by atoms with van der Waals surface area (Å²) in [5, 5.41) is 2.89. The van der Waals surface area contributed by atoms with Crippen molar-refractivity contribution in [3.63, 3.8) is 0 Å². The first kappa shape index (κ1) is 16.5. The van der Waals surface area contributed by atoms with Crippen LogP contribution < -0.4 is 10.2 Å². The minimum Gasteiger partial charge on any atom is -0.370 e. The Labute approximate surface area is 131 Å². The minimum absolute atomic E-state index is 0.0931. The van der Waals surface area contributed by atoms with Gasteiger partial charge in [0.25, 0.3) is 0 Å². The maximum absolute atomic E-state index is 12.2. The number of carbonyl (C=O) groups excluding carboxylic acids is 1. The van der Waals surface area contributed by atoms with Crippen molar-refractivity contribution < 1.29 is 13.2 Å². The zero-order chi connectivity index (χ0) is 16.2. The number of anilines is 1.